The van der Waals surface area contributed by atoms with Crippen molar-refractivity contribution in [3.8, 4) is 22.3 Å². The second-order valence-corrected chi connectivity index (χ2v) is 11.7. The summed E-state index contributed by atoms with van der Waals surface area (Å²) in [5.41, 5.74) is 7.95. The normalized spacial score (nSPS) is 13.5. The first-order valence-electron chi connectivity index (χ1n) is 14.5. The molecule has 8 rings (SSSR count). The van der Waals surface area contributed by atoms with Crippen LogP contribution >= 0.6 is 11.3 Å². The van der Waals surface area contributed by atoms with Crippen LogP contribution in [-0.4, -0.2) is 11.7 Å². The topological polar surface area (TPSA) is 36.8 Å². The number of fused-ring (bicyclic) bond motifs is 3. The van der Waals surface area contributed by atoms with E-state index in [1.165, 1.54) is 42.4 Å². The van der Waals surface area contributed by atoms with Gasteiger partial charge in [0.2, 0.25) is 0 Å². The average molecular weight is 570 g/mol. The van der Waals surface area contributed by atoms with Gasteiger partial charge < -0.3 is 5.32 Å². The van der Waals surface area contributed by atoms with Gasteiger partial charge in [-0.25, -0.2) is 9.98 Å². The summed E-state index contributed by atoms with van der Waals surface area (Å²) in [7, 11) is 0. The Balaban J connectivity index is 1.39. The molecule has 3 nitrogen and oxygen atoms in total. The molecule has 2 heterocycles. The molecular formula is C39H27N3S. The second kappa shape index (κ2) is 10.8. The van der Waals surface area contributed by atoms with Gasteiger partial charge in [-0.3, -0.25) is 0 Å². The van der Waals surface area contributed by atoms with E-state index in [0.29, 0.717) is 0 Å². The molecule has 0 saturated heterocycles. The summed E-state index contributed by atoms with van der Waals surface area (Å²) >= 11 is 1.83. The third-order valence-electron chi connectivity index (χ3n) is 7.94. The number of aliphatic imine (C=N–C) groups is 2. The first-order valence-corrected chi connectivity index (χ1v) is 15.3. The molecule has 0 unspecified atom stereocenters. The van der Waals surface area contributed by atoms with Crippen LogP contribution in [0.25, 0.3) is 42.4 Å². The number of nitrogens with one attached hydrogen (secondary N) is 1. The number of amidine groups is 2. The Hall–Kier alpha value is -5.32. The zero-order chi connectivity index (χ0) is 28.6. The smallest absolute Gasteiger partial charge is 0.170 e. The maximum Gasteiger partial charge on any atom is 0.170 e. The number of benzene rings is 6. The van der Waals surface area contributed by atoms with Gasteiger partial charge in [-0.05, 0) is 40.5 Å². The van der Waals surface area contributed by atoms with Crippen LogP contribution < -0.4 is 5.32 Å². The number of rotatable bonds is 5. The van der Waals surface area contributed by atoms with E-state index in [1.807, 2.05) is 47.7 Å². The predicted octanol–water partition coefficient (Wildman–Crippen LogP) is 9.88. The molecule has 4 heteroatoms. The molecule has 1 N–H and O–H groups in total. The molecule has 0 bridgehead atoms. The molecule has 43 heavy (non-hydrogen) atoms. The minimum atomic E-state index is -0.420. The molecule has 0 amide bonds. The molecular weight excluding hydrogens is 543 g/mol. The number of hydrogen-bond acceptors (Lipinski definition) is 4. The van der Waals surface area contributed by atoms with E-state index < -0.39 is 6.17 Å². The Kier molecular flexibility index (Phi) is 6.39. The summed E-state index contributed by atoms with van der Waals surface area (Å²) < 4.78 is 2.50. The zero-order valence-corrected chi connectivity index (χ0v) is 24.1. The summed E-state index contributed by atoms with van der Waals surface area (Å²) in [4.78, 5) is 10.5. The summed E-state index contributed by atoms with van der Waals surface area (Å²) in [5, 5.41) is 6.01. The fourth-order valence-corrected chi connectivity index (χ4v) is 7.10. The van der Waals surface area contributed by atoms with E-state index in [4.69, 9.17) is 9.98 Å². The van der Waals surface area contributed by atoms with Crippen molar-refractivity contribution in [2.45, 2.75) is 6.17 Å². The first-order chi connectivity index (χ1) is 21.3. The maximum absolute atomic E-state index is 5.27. The lowest BCUT2D eigenvalue weighted by atomic mass is 9.92. The van der Waals surface area contributed by atoms with E-state index in [-0.39, 0.29) is 0 Å². The van der Waals surface area contributed by atoms with Crippen LogP contribution in [0.2, 0.25) is 0 Å². The van der Waals surface area contributed by atoms with Crippen LogP contribution in [0.4, 0.5) is 0 Å². The van der Waals surface area contributed by atoms with Crippen molar-refractivity contribution in [3.05, 3.63) is 168 Å². The number of nitrogens with zero attached hydrogens (tertiary/aromatic N) is 2. The van der Waals surface area contributed by atoms with Gasteiger partial charge in [0.05, 0.1) is 0 Å². The SMILES string of the molecule is c1ccc(C2=NC(c3cc(-c4ccccc4-c4ccccc4)cc4sc5ccccc5c34)N=C(c3ccccc3)N2)cc1. The van der Waals surface area contributed by atoms with Crippen LogP contribution in [0.3, 0.4) is 0 Å². The fourth-order valence-electron chi connectivity index (χ4n) is 5.92. The lowest BCUT2D eigenvalue weighted by Gasteiger charge is -2.23. The minimum Gasteiger partial charge on any atom is -0.324 e. The van der Waals surface area contributed by atoms with Crippen molar-refractivity contribution in [3.63, 3.8) is 0 Å². The van der Waals surface area contributed by atoms with Gasteiger partial charge in [0, 0.05) is 36.9 Å². The maximum atomic E-state index is 5.27. The Morgan fingerprint density at radius 1 is 0.465 bits per heavy atom. The zero-order valence-electron chi connectivity index (χ0n) is 23.3. The van der Waals surface area contributed by atoms with E-state index in [0.717, 1.165) is 28.4 Å². The Labute approximate surface area is 254 Å². The van der Waals surface area contributed by atoms with Crippen LogP contribution in [-0.2, 0) is 0 Å². The summed E-state index contributed by atoms with van der Waals surface area (Å²) in [6.07, 6.45) is -0.420. The van der Waals surface area contributed by atoms with Crippen LogP contribution in [0, 0.1) is 0 Å². The quantitative estimate of drug-likeness (QED) is 0.220. The van der Waals surface area contributed by atoms with Crippen LogP contribution in [0.1, 0.15) is 22.9 Å². The molecule has 1 aliphatic heterocycles. The van der Waals surface area contributed by atoms with Crippen LogP contribution in [0.15, 0.2) is 162 Å². The fraction of sp³-hybridized carbons (Fsp3) is 0.0256. The van der Waals surface area contributed by atoms with Crippen molar-refractivity contribution in [1.29, 1.82) is 0 Å². The highest BCUT2D eigenvalue weighted by molar-refractivity contribution is 7.25. The molecule has 0 aliphatic carbocycles. The number of hydrogen-bond donors (Lipinski definition) is 1. The lowest BCUT2D eigenvalue weighted by Crippen LogP contribution is -2.36. The third kappa shape index (κ3) is 4.72. The molecule has 7 aromatic rings. The van der Waals surface area contributed by atoms with E-state index >= 15 is 0 Å². The summed E-state index contributed by atoms with van der Waals surface area (Å²) in [6.45, 7) is 0. The van der Waals surface area contributed by atoms with Gasteiger partial charge >= 0.3 is 0 Å². The molecule has 0 atom stereocenters. The highest BCUT2D eigenvalue weighted by Gasteiger charge is 2.25. The van der Waals surface area contributed by atoms with Gasteiger partial charge in [0.25, 0.3) is 0 Å². The summed E-state index contributed by atoms with van der Waals surface area (Å²) in [5.74, 6) is 1.64. The Morgan fingerprint density at radius 3 is 1.60 bits per heavy atom. The summed E-state index contributed by atoms with van der Waals surface area (Å²) in [6, 6.07) is 53.3. The van der Waals surface area contributed by atoms with Crippen molar-refractivity contribution in [2.24, 2.45) is 9.98 Å². The standard InChI is InChI=1S/C39H27N3S/c1-4-14-26(15-5-1)30-20-10-11-21-31(30)29-24-33(36-32-22-12-13-23-34(32)43-35(36)25-29)39-41-37(27-16-6-2-7-17-27)40-38(42-39)28-18-8-3-9-19-28/h1-25,39H,(H,40,41,42). The molecule has 0 saturated carbocycles. The third-order valence-corrected chi connectivity index (χ3v) is 9.06. The average Bonchev–Trinajstić information content (AvgIpc) is 3.47. The number of thiophene rings is 1. The molecule has 1 aliphatic rings. The molecule has 6 aromatic carbocycles. The first kappa shape index (κ1) is 25.4. The molecule has 1 aromatic heterocycles. The molecule has 0 fully saturated rings. The van der Waals surface area contributed by atoms with Gasteiger partial charge in [-0.1, -0.05) is 133 Å². The van der Waals surface area contributed by atoms with Crippen molar-refractivity contribution in [2.75, 3.05) is 0 Å². The monoisotopic (exact) mass is 569 g/mol. The van der Waals surface area contributed by atoms with E-state index in [1.54, 1.807) is 0 Å². The largest absolute Gasteiger partial charge is 0.324 e. The van der Waals surface area contributed by atoms with Crippen molar-refractivity contribution < 1.29 is 0 Å². The second-order valence-electron chi connectivity index (χ2n) is 10.6. The molecule has 0 spiro atoms. The Morgan fingerprint density at radius 2 is 0.977 bits per heavy atom. The van der Waals surface area contributed by atoms with Gasteiger partial charge in [0.15, 0.2) is 6.17 Å². The Bertz CT molecular complexity index is 2090. The molecule has 204 valence electrons. The van der Waals surface area contributed by atoms with Gasteiger partial charge in [-0.2, -0.15) is 0 Å². The van der Waals surface area contributed by atoms with Crippen molar-refractivity contribution >= 4 is 43.2 Å². The lowest BCUT2D eigenvalue weighted by molar-refractivity contribution is 0.763. The minimum absolute atomic E-state index is 0.420. The van der Waals surface area contributed by atoms with Gasteiger partial charge in [-0.15, -0.1) is 11.3 Å². The van der Waals surface area contributed by atoms with Crippen LogP contribution in [0.5, 0.6) is 0 Å². The van der Waals surface area contributed by atoms with E-state index in [9.17, 15) is 0 Å². The van der Waals surface area contributed by atoms with E-state index in [2.05, 4.69) is 121 Å². The highest BCUT2D eigenvalue weighted by atomic mass is 32.1. The predicted molar refractivity (Wildman–Crippen MR) is 182 cm³/mol. The van der Waals surface area contributed by atoms with Crippen molar-refractivity contribution in [1.82, 2.24) is 5.32 Å². The highest BCUT2D eigenvalue weighted by Crippen LogP contribution is 2.44. The van der Waals surface area contributed by atoms with Gasteiger partial charge in [0.1, 0.15) is 11.7 Å². The molecule has 0 radical (unpaired) electrons.